The van der Waals surface area contributed by atoms with Crippen LogP contribution in [-0.2, 0) is 10.2 Å². The van der Waals surface area contributed by atoms with Crippen LogP contribution in [0.4, 0.5) is 5.69 Å². The number of anilines is 1. The van der Waals surface area contributed by atoms with Gasteiger partial charge in [-0.05, 0) is 60.0 Å². The number of amides is 1. The summed E-state index contributed by atoms with van der Waals surface area (Å²) < 4.78 is 5.41. The number of carbonyl (C=O) groups excluding carboxylic acids is 3. The van der Waals surface area contributed by atoms with E-state index in [0.717, 1.165) is 16.7 Å². The van der Waals surface area contributed by atoms with Crippen molar-refractivity contribution in [1.29, 1.82) is 5.26 Å². The number of hydrogen-bond donors (Lipinski definition) is 1. The van der Waals surface area contributed by atoms with E-state index in [1.807, 2.05) is 90.8 Å². The molecule has 3 aliphatic rings. The number of aryl methyl sites for hydroxylation is 1. The van der Waals surface area contributed by atoms with E-state index in [1.54, 1.807) is 36.4 Å². The molecule has 1 N–H and O–H groups in total. The number of ether oxygens (including phenoxy) is 1. The zero-order chi connectivity index (χ0) is 29.7. The number of ketones is 2. The zero-order valence-corrected chi connectivity index (χ0v) is 23.4. The molecule has 3 aliphatic heterocycles. The lowest BCUT2D eigenvalue weighted by Crippen LogP contribution is -2.49. The van der Waals surface area contributed by atoms with Crippen molar-refractivity contribution in [1.82, 2.24) is 4.90 Å². The molecule has 4 atom stereocenters. The molecular weight excluding hydrogens is 538 g/mol. The van der Waals surface area contributed by atoms with Crippen LogP contribution in [-0.4, -0.2) is 35.0 Å². The molecule has 0 bridgehead atoms. The number of nitrogens with zero attached hydrogens (tertiary/aromatic N) is 2. The van der Waals surface area contributed by atoms with Gasteiger partial charge in [-0.3, -0.25) is 14.4 Å². The van der Waals surface area contributed by atoms with Gasteiger partial charge in [0.1, 0.15) is 23.3 Å². The number of nitriles is 1. The zero-order valence-electron chi connectivity index (χ0n) is 23.4. The molecule has 0 unspecified atom stereocenters. The van der Waals surface area contributed by atoms with Crippen LogP contribution in [0.25, 0.3) is 6.08 Å². The Morgan fingerprint density at radius 3 is 2.35 bits per heavy atom. The Morgan fingerprint density at radius 1 is 0.907 bits per heavy atom. The van der Waals surface area contributed by atoms with Crippen LogP contribution in [0.5, 0.6) is 5.75 Å². The Morgan fingerprint density at radius 2 is 1.58 bits per heavy atom. The summed E-state index contributed by atoms with van der Waals surface area (Å²) in [5.74, 6) is -1.46. The van der Waals surface area contributed by atoms with E-state index in [1.165, 1.54) is 0 Å². The highest BCUT2D eigenvalue weighted by Crippen LogP contribution is 2.62. The number of benzene rings is 4. The number of rotatable bonds is 6. The molecule has 4 aromatic rings. The van der Waals surface area contributed by atoms with E-state index < -0.39 is 23.4 Å². The van der Waals surface area contributed by atoms with Crippen LogP contribution in [0.2, 0.25) is 0 Å². The number of carbonyl (C=O) groups is 3. The minimum atomic E-state index is -1.39. The fourth-order valence-electron chi connectivity index (χ4n) is 7.07. The fourth-order valence-corrected chi connectivity index (χ4v) is 7.07. The van der Waals surface area contributed by atoms with Crippen molar-refractivity contribution >= 4 is 29.2 Å². The molecule has 7 nitrogen and oxygen atoms in total. The number of para-hydroxylation sites is 1. The minimum absolute atomic E-state index is 0.120. The van der Waals surface area contributed by atoms with E-state index >= 15 is 0 Å². The van der Waals surface area contributed by atoms with Crippen molar-refractivity contribution in [2.45, 2.75) is 24.4 Å². The molecule has 3 heterocycles. The molecule has 1 spiro atoms. The molecule has 0 aromatic heterocycles. The third kappa shape index (κ3) is 3.91. The van der Waals surface area contributed by atoms with Gasteiger partial charge in [0.15, 0.2) is 18.2 Å². The normalized spacial score (nSPS) is 22.7. The number of Topliss-reactive ketones (excluding diaryl/α,β-unsaturated/α-hetero) is 2. The van der Waals surface area contributed by atoms with Gasteiger partial charge in [0.2, 0.25) is 5.91 Å². The van der Waals surface area contributed by atoms with Gasteiger partial charge >= 0.3 is 0 Å². The standard InChI is InChI=1S/C36H27N3O4/c1-22-10-12-25(13-11-22)33(41)31-30(32(40)24-14-16-26(17-15-24)43-21-19-37)36(28-8-4-5-9-29(28)38-35(36)42)34-27-7-3-2-6-23(27)18-20-39(31)34/h2-18,20,30-31,34H,21H2,1H3,(H,38,42)/t30-,31+,34+,36-/m1/s1. The molecule has 0 aliphatic carbocycles. The summed E-state index contributed by atoms with van der Waals surface area (Å²) in [7, 11) is 0. The molecule has 0 saturated carbocycles. The third-order valence-corrected chi connectivity index (χ3v) is 8.90. The van der Waals surface area contributed by atoms with E-state index in [4.69, 9.17) is 10.00 Å². The maximum atomic E-state index is 14.9. The van der Waals surface area contributed by atoms with Crippen LogP contribution in [0, 0.1) is 24.2 Å². The molecule has 43 heavy (non-hydrogen) atoms. The molecule has 1 fully saturated rings. The summed E-state index contributed by atoms with van der Waals surface area (Å²) in [5.41, 5.74) is 3.61. The molecule has 7 rings (SSSR count). The Labute approximate surface area is 249 Å². The number of hydrogen-bond acceptors (Lipinski definition) is 6. The first-order valence-electron chi connectivity index (χ1n) is 14.2. The van der Waals surface area contributed by atoms with Crippen LogP contribution < -0.4 is 10.1 Å². The Bertz CT molecular complexity index is 1850. The van der Waals surface area contributed by atoms with Gasteiger partial charge in [-0.15, -0.1) is 0 Å². The maximum absolute atomic E-state index is 14.9. The third-order valence-electron chi connectivity index (χ3n) is 8.90. The first-order chi connectivity index (χ1) is 20.9. The van der Waals surface area contributed by atoms with Gasteiger partial charge in [0.05, 0.1) is 12.0 Å². The molecule has 7 heteroatoms. The van der Waals surface area contributed by atoms with E-state index in [-0.39, 0.29) is 24.1 Å². The Hall–Kier alpha value is -5.48. The monoisotopic (exact) mass is 565 g/mol. The van der Waals surface area contributed by atoms with E-state index in [2.05, 4.69) is 5.32 Å². The predicted octanol–water partition coefficient (Wildman–Crippen LogP) is 5.88. The van der Waals surface area contributed by atoms with Gasteiger partial charge in [-0.2, -0.15) is 5.26 Å². The van der Waals surface area contributed by atoms with Crippen molar-refractivity contribution in [3.8, 4) is 11.8 Å². The summed E-state index contributed by atoms with van der Waals surface area (Å²) in [5, 5.41) is 12.0. The summed E-state index contributed by atoms with van der Waals surface area (Å²) in [6.45, 7) is 1.83. The van der Waals surface area contributed by atoms with Crippen LogP contribution in [0.15, 0.2) is 103 Å². The molecule has 4 aromatic carbocycles. The number of nitrogens with one attached hydrogen (secondary N) is 1. The van der Waals surface area contributed by atoms with Crippen LogP contribution in [0.1, 0.15) is 49.0 Å². The Balaban J connectivity index is 1.48. The maximum Gasteiger partial charge on any atom is 0.238 e. The van der Waals surface area contributed by atoms with Crippen molar-refractivity contribution in [3.05, 3.63) is 137 Å². The predicted molar refractivity (Wildman–Crippen MR) is 161 cm³/mol. The lowest BCUT2D eigenvalue weighted by molar-refractivity contribution is -0.122. The SMILES string of the molecule is Cc1ccc(C(=O)[C@@H]2[C@H](C(=O)c3ccc(OCC#N)cc3)[C@@]3(C(=O)Nc4ccccc43)[C@@H]3c4ccccc4C=CN23)cc1. The lowest BCUT2D eigenvalue weighted by atomic mass is 9.62. The highest BCUT2D eigenvalue weighted by Gasteiger charge is 2.70. The molecule has 1 saturated heterocycles. The largest absolute Gasteiger partial charge is 0.479 e. The summed E-state index contributed by atoms with van der Waals surface area (Å²) >= 11 is 0. The van der Waals surface area contributed by atoms with Gasteiger partial charge in [-0.1, -0.05) is 72.3 Å². The topological polar surface area (TPSA) is 99.5 Å². The molecular formula is C36H27N3O4. The summed E-state index contributed by atoms with van der Waals surface area (Å²) in [6.07, 6.45) is 3.81. The second kappa shape index (κ2) is 10.1. The average molecular weight is 566 g/mol. The quantitative estimate of drug-likeness (QED) is 0.293. The highest BCUT2D eigenvalue weighted by atomic mass is 16.5. The summed E-state index contributed by atoms with van der Waals surface area (Å²) in [6, 6.07) is 29.5. The van der Waals surface area contributed by atoms with Gasteiger partial charge in [0.25, 0.3) is 0 Å². The molecule has 1 amide bonds. The first-order valence-corrected chi connectivity index (χ1v) is 14.2. The van der Waals surface area contributed by atoms with Gasteiger partial charge in [0, 0.05) is 23.0 Å². The Kier molecular flexibility index (Phi) is 6.21. The smallest absolute Gasteiger partial charge is 0.238 e. The van der Waals surface area contributed by atoms with Crippen LogP contribution in [0.3, 0.4) is 0 Å². The van der Waals surface area contributed by atoms with Crippen molar-refractivity contribution in [2.75, 3.05) is 11.9 Å². The highest BCUT2D eigenvalue weighted by molar-refractivity contribution is 6.16. The second-order valence-corrected chi connectivity index (χ2v) is 11.2. The van der Waals surface area contributed by atoms with Crippen molar-refractivity contribution < 1.29 is 19.1 Å². The summed E-state index contributed by atoms with van der Waals surface area (Å²) in [4.78, 5) is 45.9. The lowest BCUT2D eigenvalue weighted by Gasteiger charge is -2.38. The van der Waals surface area contributed by atoms with E-state index in [0.29, 0.717) is 28.1 Å². The van der Waals surface area contributed by atoms with Crippen molar-refractivity contribution in [2.24, 2.45) is 5.92 Å². The molecule has 210 valence electrons. The number of fused-ring (bicyclic) bond motifs is 6. The molecule has 0 radical (unpaired) electrons. The van der Waals surface area contributed by atoms with E-state index in [9.17, 15) is 14.4 Å². The minimum Gasteiger partial charge on any atom is -0.479 e. The average Bonchev–Trinajstić information content (AvgIpc) is 3.52. The van der Waals surface area contributed by atoms with Gasteiger partial charge < -0.3 is 15.0 Å². The van der Waals surface area contributed by atoms with Gasteiger partial charge in [-0.25, -0.2) is 0 Å². The van der Waals surface area contributed by atoms with Crippen molar-refractivity contribution in [3.63, 3.8) is 0 Å². The fraction of sp³-hybridized carbons (Fsp3) is 0.167. The second-order valence-electron chi connectivity index (χ2n) is 11.2. The first kappa shape index (κ1) is 26.4. The van der Waals surface area contributed by atoms with Crippen LogP contribution >= 0.6 is 0 Å².